The van der Waals surface area contributed by atoms with Gasteiger partial charge in [-0.2, -0.15) is 0 Å². The molecule has 3 N–H and O–H groups in total. The highest BCUT2D eigenvalue weighted by atomic mass is 79.9. The maximum atomic E-state index is 13.1. The lowest BCUT2D eigenvalue weighted by Gasteiger charge is -2.15. The maximum absolute atomic E-state index is 13.1. The number of benzene rings is 1. The summed E-state index contributed by atoms with van der Waals surface area (Å²) in [7, 11) is 0. The van der Waals surface area contributed by atoms with Crippen LogP contribution in [0.4, 0.5) is 4.39 Å². The van der Waals surface area contributed by atoms with Gasteiger partial charge in [0.25, 0.3) is 0 Å². The Bertz CT molecular complexity index is 545. The van der Waals surface area contributed by atoms with Crippen LogP contribution in [0.1, 0.15) is 17.2 Å². The van der Waals surface area contributed by atoms with Crippen molar-refractivity contribution >= 4 is 31.9 Å². The minimum absolute atomic E-state index is 0.101. The van der Waals surface area contributed by atoms with Crippen LogP contribution in [-0.2, 0) is 6.42 Å². The first-order chi connectivity index (χ1) is 8.61. The number of nitrogens with two attached hydrogens (primary N) is 1. The van der Waals surface area contributed by atoms with Crippen LogP contribution in [0.15, 0.2) is 44.1 Å². The third kappa shape index (κ3) is 3.00. The molecule has 1 aromatic carbocycles. The number of rotatable bonds is 4. The molecule has 0 aliphatic heterocycles. The molecule has 0 radical (unpaired) electrons. The molecular weight excluding hydrogens is 367 g/mol. The van der Waals surface area contributed by atoms with Crippen molar-refractivity contribution in [2.75, 3.05) is 0 Å². The molecule has 0 aliphatic rings. The Kier molecular flexibility index (Phi) is 4.55. The molecule has 0 bridgehead atoms. The van der Waals surface area contributed by atoms with Gasteiger partial charge in [-0.05, 0) is 62.0 Å². The molecule has 6 heteroatoms. The number of hydrogen-bond acceptors (Lipinski definition) is 3. The lowest BCUT2D eigenvalue weighted by atomic mass is 10.0. The van der Waals surface area contributed by atoms with Crippen molar-refractivity contribution < 1.29 is 8.81 Å². The van der Waals surface area contributed by atoms with Crippen LogP contribution >= 0.6 is 31.9 Å². The van der Waals surface area contributed by atoms with E-state index < -0.39 is 0 Å². The van der Waals surface area contributed by atoms with Crippen molar-refractivity contribution in [3.05, 3.63) is 56.6 Å². The lowest BCUT2D eigenvalue weighted by molar-refractivity contribution is 0.506. The van der Waals surface area contributed by atoms with Gasteiger partial charge in [-0.25, -0.2) is 4.39 Å². The average molecular weight is 378 g/mol. The second-order valence-electron chi connectivity index (χ2n) is 3.82. The molecule has 1 unspecified atom stereocenters. The Hall–Kier alpha value is -0.690. The number of hydrazine groups is 1. The van der Waals surface area contributed by atoms with Crippen LogP contribution in [0.25, 0.3) is 0 Å². The molecule has 1 heterocycles. The fraction of sp³-hybridized carbons (Fsp3) is 0.167. The number of halogens is 3. The first-order valence-electron chi connectivity index (χ1n) is 5.24. The standard InChI is InChI=1S/C12H11Br2FN2O/c13-9-5-7(1-2-10(9)15)6-11(17-16)8-3-4-18-12(8)14/h1-5,11,17H,6,16H2. The Balaban J connectivity index is 2.20. The Labute approximate surface area is 121 Å². The van der Waals surface area contributed by atoms with E-state index in [1.165, 1.54) is 6.07 Å². The maximum Gasteiger partial charge on any atom is 0.173 e. The molecule has 0 spiro atoms. The van der Waals surface area contributed by atoms with E-state index >= 15 is 0 Å². The van der Waals surface area contributed by atoms with Crippen molar-refractivity contribution in [2.24, 2.45) is 5.84 Å². The summed E-state index contributed by atoms with van der Waals surface area (Å²) in [6, 6.07) is 6.65. The summed E-state index contributed by atoms with van der Waals surface area (Å²) in [6.45, 7) is 0. The summed E-state index contributed by atoms with van der Waals surface area (Å²) >= 11 is 6.48. The predicted molar refractivity (Wildman–Crippen MR) is 74.3 cm³/mol. The smallest absolute Gasteiger partial charge is 0.173 e. The molecule has 0 saturated heterocycles. The van der Waals surface area contributed by atoms with E-state index in [-0.39, 0.29) is 11.9 Å². The average Bonchev–Trinajstić information content (AvgIpc) is 2.77. The molecule has 0 amide bonds. The number of hydrogen-bond donors (Lipinski definition) is 2. The minimum atomic E-state index is -0.277. The highest BCUT2D eigenvalue weighted by Gasteiger charge is 2.16. The Morgan fingerprint density at radius 3 is 2.67 bits per heavy atom. The summed E-state index contributed by atoms with van der Waals surface area (Å²) in [5.41, 5.74) is 4.63. The van der Waals surface area contributed by atoms with Crippen molar-refractivity contribution in [1.29, 1.82) is 0 Å². The molecule has 1 atom stereocenters. The molecule has 0 fully saturated rings. The van der Waals surface area contributed by atoms with E-state index in [1.54, 1.807) is 18.4 Å². The second-order valence-corrected chi connectivity index (χ2v) is 5.40. The minimum Gasteiger partial charge on any atom is -0.457 e. The van der Waals surface area contributed by atoms with Crippen molar-refractivity contribution in [2.45, 2.75) is 12.5 Å². The van der Waals surface area contributed by atoms with Gasteiger partial charge in [0.05, 0.1) is 16.8 Å². The van der Waals surface area contributed by atoms with Gasteiger partial charge in [-0.1, -0.05) is 6.07 Å². The quantitative estimate of drug-likeness (QED) is 0.631. The highest BCUT2D eigenvalue weighted by Crippen LogP contribution is 2.27. The van der Waals surface area contributed by atoms with Gasteiger partial charge >= 0.3 is 0 Å². The number of furan rings is 1. The summed E-state index contributed by atoms with van der Waals surface area (Å²) in [5, 5.41) is 0. The summed E-state index contributed by atoms with van der Waals surface area (Å²) in [4.78, 5) is 0. The molecular formula is C12H11Br2FN2O. The van der Waals surface area contributed by atoms with Gasteiger partial charge in [0.1, 0.15) is 5.82 Å². The zero-order valence-electron chi connectivity index (χ0n) is 9.29. The zero-order chi connectivity index (χ0) is 13.1. The Morgan fingerprint density at radius 1 is 1.33 bits per heavy atom. The number of nitrogens with one attached hydrogen (secondary N) is 1. The molecule has 0 saturated carbocycles. The van der Waals surface area contributed by atoms with E-state index in [0.29, 0.717) is 15.6 Å². The molecule has 3 nitrogen and oxygen atoms in total. The van der Waals surface area contributed by atoms with E-state index in [1.807, 2.05) is 6.07 Å². The summed E-state index contributed by atoms with van der Waals surface area (Å²) in [6.07, 6.45) is 2.22. The van der Waals surface area contributed by atoms with Gasteiger partial charge in [0.2, 0.25) is 0 Å². The topological polar surface area (TPSA) is 51.2 Å². The van der Waals surface area contributed by atoms with Gasteiger partial charge in [0, 0.05) is 5.56 Å². The molecule has 96 valence electrons. The van der Waals surface area contributed by atoms with E-state index in [4.69, 9.17) is 10.3 Å². The van der Waals surface area contributed by atoms with Gasteiger partial charge in [0.15, 0.2) is 4.67 Å². The third-order valence-electron chi connectivity index (χ3n) is 2.65. The van der Waals surface area contributed by atoms with Crippen LogP contribution in [0.2, 0.25) is 0 Å². The second kappa shape index (κ2) is 5.97. The van der Waals surface area contributed by atoms with Crippen molar-refractivity contribution in [3.63, 3.8) is 0 Å². The molecule has 18 heavy (non-hydrogen) atoms. The zero-order valence-corrected chi connectivity index (χ0v) is 12.5. The van der Waals surface area contributed by atoms with Gasteiger partial charge in [-0.3, -0.25) is 11.3 Å². The molecule has 0 aliphatic carbocycles. The van der Waals surface area contributed by atoms with Crippen LogP contribution in [0.3, 0.4) is 0 Å². The lowest BCUT2D eigenvalue weighted by Crippen LogP contribution is -2.29. The molecule has 1 aromatic heterocycles. The van der Waals surface area contributed by atoms with Crippen LogP contribution in [-0.4, -0.2) is 0 Å². The molecule has 2 aromatic rings. The van der Waals surface area contributed by atoms with Crippen molar-refractivity contribution in [1.82, 2.24) is 5.43 Å². The largest absolute Gasteiger partial charge is 0.457 e. The normalized spacial score (nSPS) is 12.7. The van der Waals surface area contributed by atoms with Crippen molar-refractivity contribution in [3.8, 4) is 0 Å². The van der Waals surface area contributed by atoms with Crippen LogP contribution in [0, 0.1) is 5.82 Å². The van der Waals surface area contributed by atoms with Crippen LogP contribution in [0.5, 0.6) is 0 Å². The fourth-order valence-corrected chi connectivity index (χ4v) is 2.66. The highest BCUT2D eigenvalue weighted by molar-refractivity contribution is 9.10. The first kappa shape index (κ1) is 13.7. The monoisotopic (exact) mass is 376 g/mol. The van der Waals surface area contributed by atoms with E-state index in [2.05, 4.69) is 37.3 Å². The van der Waals surface area contributed by atoms with Gasteiger partial charge < -0.3 is 4.42 Å². The first-order valence-corrected chi connectivity index (χ1v) is 6.83. The molecule has 2 rings (SSSR count). The SMILES string of the molecule is NNC(Cc1ccc(F)c(Br)c1)c1ccoc1Br. The predicted octanol–water partition coefficient (Wildman–Crippen LogP) is 3.69. The Morgan fingerprint density at radius 2 is 2.11 bits per heavy atom. The summed E-state index contributed by atoms with van der Waals surface area (Å²) in [5.74, 6) is 5.27. The van der Waals surface area contributed by atoms with Crippen LogP contribution < -0.4 is 11.3 Å². The van der Waals surface area contributed by atoms with E-state index in [0.717, 1.165) is 11.1 Å². The van der Waals surface area contributed by atoms with Gasteiger partial charge in [-0.15, -0.1) is 0 Å². The van der Waals surface area contributed by atoms with E-state index in [9.17, 15) is 4.39 Å². The fourth-order valence-electron chi connectivity index (χ4n) is 1.71. The third-order valence-corrected chi connectivity index (χ3v) is 3.90. The summed E-state index contributed by atoms with van der Waals surface area (Å²) < 4.78 is 19.4.